The lowest BCUT2D eigenvalue weighted by Gasteiger charge is -2.20. The van der Waals surface area contributed by atoms with E-state index < -0.39 is 0 Å². The predicted molar refractivity (Wildman–Crippen MR) is 66.0 cm³/mol. The first-order valence-electron chi connectivity index (χ1n) is 5.80. The summed E-state index contributed by atoms with van der Waals surface area (Å²) in [5.41, 5.74) is 2.09. The van der Waals surface area contributed by atoms with E-state index in [-0.39, 0.29) is 5.78 Å². The number of ether oxygens (including phenoxy) is 2. The highest BCUT2D eigenvalue weighted by atomic mass is 16.6. The zero-order valence-electron chi connectivity index (χ0n) is 10.2. The second kappa shape index (κ2) is 5.08. The van der Waals surface area contributed by atoms with Crippen LogP contribution in [0, 0.1) is 6.92 Å². The molecule has 17 heavy (non-hydrogen) atoms. The Hall–Kier alpha value is -1.71. The van der Waals surface area contributed by atoms with Crippen molar-refractivity contribution in [2.24, 2.45) is 0 Å². The van der Waals surface area contributed by atoms with Crippen LogP contribution in [0.5, 0.6) is 11.5 Å². The Labute approximate surface area is 101 Å². The van der Waals surface area contributed by atoms with Crippen LogP contribution >= 0.6 is 0 Å². The van der Waals surface area contributed by atoms with E-state index in [2.05, 4.69) is 5.32 Å². The van der Waals surface area contributed by atoms with Crippen molar-refractivity contribution in [3.63, 3.8) is 0 Å². The second-order valence-electron chi connectivity index (χ2n) is 4.19. The van der Waals surface area contributed by atoms with Gasteiger partial charge in [-0.1, -0.05) is 0 Å². The van der Waals surface area contributed by atoms with Crippen LogP contribution < -0.4 is 14.8 Å². The van der Waals surface area contributed by atoms with Gasteiger partial charge in [0, 0.05) is 24.7 Å². The van der Waals surface area contributed by atoms with E-state index in [0.29, 0.717) is 26.2 Å². The van der Waals surface area contributed by atoms with Crippen LogP contribution in [0.3, 0.4) is 0 Å². The van der Waals surface area contributed by atoms with Crippen LogP contribution in [0.1, 0.15) is 18.9 Å². The number of nitrogens with one attached hydrogen (secondary N) is 1. The highest BCUT2D eigenvalue weighted by Gasteiger charge is 2.13. The molecule has 0 atom stereocenters. The normalized spacial score (nSPS) is 13.3. The fraction of sp³-hybridized carbons (Fsp3) is 0.462. The Morgan fingerprint density at radius 2 is 1.94 bits per heavy atom. The highest BCUT2D eigenvalue weighted by Crippen LogP contribution is 2.35. The number of hydrogen-bond donors (Lipinski definition) is 1. The van der Waals surface area contributed by atoms with Crippen molar-refractivity contribution in [3.05, 3.63) is 17.7 Å². The molecule has 92 valence electrons. The van der Waals surface area contributed by atoms with Gasteiger partial charge in [-0.25, -0.2) is 0 Å². The molecule has 0 fully saturated rings. The van der Waals surface area contributed by atoms with Gasteiger partial charge in [-0.15, -0.1) is 0 Å². The summed E-state index contributed by atoms with van der Waals surface area (Å²) in [6, 6.07) is 3.90. The van der Waals surface area contributed by atoms with Crippen LogP contribution in [0.25, 0.3) is 0 Å². The average Bonchev–Trinajstić information content (AvgIpc) is 2.29. The first kappa shape index (κ1) is 11.8. The van der Waals surface area contributed by atoms with Gasteiger partial charge in [0.05, 0.1) is 0 Å². The van der Waals surface area contributed by atoms with Gasteiger partial charge in [0.25, 0.3) is 0 Å². The molecule has 1 aliphatic heterocycles. The van der Waals surface area contributed by atoms with E-state index in [4.69, 9.17) is 9.47 Å². The molecule has 4 nitrogen and oxygen atoms in total. The number of fused-ring (bicyclic) bond motifs is 1. The van der Waals surface area contributed by atoms with Crippen LogP contribution in [0.15, 0.2) is 12.1 Å². The molecule has 0 amide bonds. The molecule has 0 saturated heterocycles. The third kappa shape index (κ3) is 2.90. The van der Waals surface area contributed by atoms with E-state index in [1.54, 1.807) is 6.92 Å². The molecule has 0 saturated carbocycles. The number of aryl methyl sites for hydroxylation is 1. The zero-order valence-corrected chi connectivity index (χ0v) is 10.2. The van der Waals surface area contributed by atoms with Crippen LogP contribution in [0.4, 0.5) is 5.69 Å². The quantitative estimate of drug-likeness (QED) is 0.868. The maximum Gasteiger partial charge on any atom is 0.163 e. The summed E-state index contributed by atoms with van der Waals surface area (Å²) >= 11 is 0. The number of rotatable bonds is 4. The SMILES string of the molecule is CC(=O)CCNc1cc2c(cc1C)OCCO2. The molecule has 1 N–H and O–H groups in total. The number of carbonyl (C=O) groups excluding carboxylic acids is 1. The lowest BCUT2D eigenvalue weighted by molar-refractivity contribution is -0.116. The van der Waals surface area contributed by atoms with Crippen LogP contribution in [-0.2, 0) is 4.79 Å². The number of ketones is 1. The molecular formula is C13H17NO3. The van der Waals surface area contributed by atoms with E-state index >= 15 is 0 Å². The number of carbonyl (C=O) groups is 1. The fourth-order valence-electron chi connectivity index (χ4n) is 1.75. The molecule has 1 aromatic rings. The minimum Gasteiger partial charge on any atom is -0.486 e. The van der Waals surface area contributed by atoms with E-state index in [0.717, 1.165) is 22.7 Å². The Balaban J connectivity index is 2.09. The zero-order chi connectivity index (χ0) is 12.3. The summed E-state index contributed by atoms with van der Waals surface area (Å²) in [7, 11) is 0. The standard InChI is InChI=1S/C13H17NO3/c1-9-7-12-13(17-6-5-16-12)8-11(9)14-4-3-10(2)15/h7-8,14H,3-6H2,1-2H3. The Bertz CT molecular complexity index is 429. The largest absolute Gasteiger partial charge is 0.486 e. The van der Waals surface area contributed by atoms with Crippen molar-refractivity contribution in [3.8, 4) is 11.5 Å². The first-order valence-corrected chi connectivity index (χ1v) is 5.80. The molecule has 0 radical (unpaired) electrons. The third-order valence-corrected chi connectivity index (χ3v) is 2.68. The van der Waals surface area contributed by atoms with Gasteiger partial charge in [-0.05, 0) is 25.5 Å². The predicted octanol–water partition coefficient (Wildman–Crippen LogP) is 2.16. The van der Waals surface area contributed by atoms with Gasteiger partial charge < -0.3 is 14.8 Å². The molecule has 0 spiro atoms. The molecule has 1 aliphatic rings. The molecule has 1 heterocycles. The van der Waals surface area contributed by atoms with Crippen molar-refractivity contribution in [1.29, 1.82) is 0 Å². The molecule has 0 aliphatic carbocycles. The molecular weight excluding hydrogens is 218 g/mol. The van der Waals surface area contributed by atoms with E-state index in [9.17, 15) is 4.79 Å². The van der Waals surface area contributed by atoms with Gasteiger partial charge in [-0.3, -0.25) is 4.79 Å². The lowest BCUT2D eigenvalue weighted by atomic mass is 10.1. The summed E-state index contributed by atoms with van der Waals surface area (Å²) in [4.78, 5) is 10.9. The number of hydrogen-bond acceptors (Lipinski definition) is 4. The monoisotopic (exact) mass is 235 g/mol. The van der Waals surface area contributed by atoms with Crippen molar-refractivity contribution in [2.75, 3.05) is 25.1 Å². The fourth-order valence-corrected chi connectivity index (χ4v) is 1.75. The molecule has 0 unspecified atom stereocenters. The van der Waals surface area contributed by atoms with Crippen molar-refractivity contribution < 1.29 is 14.3 Å². The molecule has 2 rings (SSSR count). The number of benzene rings is 1. The summed E-state index contributed by atoms with van der Waals surface area (Å²) in [5.74, 6) is 1.76. The highest BCUT2D eigenvalue weighted by molar-refractivity contribution is 5.76. The van der Waals surface area contributed by atoms with Gasteiger partial charge in [0.1, 0.15) is 19.0 Å². The minimum atomic E-state index is 0.188. The lowest BCUT2D eigenvalue weighted by Crippen LogP contribution is -2.16. The molecule has 4 heteroatoms. The van der Waals surface area contributed by atoms with Gasteiger partial charge >= 0.3 is 0 Å². The Morgan fingerprint density at radius 1 is 1.29 bits per heavy atom. The maximum absolute atomic E-state index is 10.9. The summed E-state index contributed by atoms with van der Waals surface area (Å²) in [5, 5.41) is 3.24. The number of anilines is 1. The van der Waals surface area contributed by atoms with E-state index in [1.807, 2.05) is 19.1 Å². The molecule has 0 aromatic heterocycles. The Kier molecular flexibility index (Phi) is 3.52. The third-order valence-electron chi connectivity index (χ3n) is 2.68. The molecule has 1 aromatic carbocycles. The van der Waals surface area contributed by atoms with Gasteiger partial charge in [0.15, 0.2) is 11.5 Å². The van der Waals surface area contributed by atoms with E-state index in [1.165, 1.54) is 0 Å². The summed E-state index contributed by atoms with van der Waals surface area (Å²) in [6.07, 6.45) is 0.536. The van der Waals surface area contributed by atoms with Gasteiger partial charge in [-0.2, -0.15) is 0 Å². The first-order chi connectivity index (χ1) is 8.16. The number of Topliss-reactive ketones (excluding diaryl/α,β-unsaturated/α-hetero) is 1. The topological polar surface area (TPSA) is 47.6 Å². The minimum absolute atomic E-state index is 0.188. The van der Waals surface area contributed by atoms with Crippen LogP contribution in [-0.4, -0.2) is 25.5 Å². The average molecular weight is 235 g/mol. The Morgan fingerprint density at radius 3 is 2.59 bits per heavy atom. The van der Waals surface area contributed by atoms with Crippen LogP contribution in [0.2, 0.25) is 0 Å². The van der Waals surface area contributed by atoms with Crippen molar-refractivity contribution >= 4 is 11.5 Å². The van der Waals surface area contributed by atoms with Crippen molar-refractivity contribution in [1.82, 2.24) is 0 Å². The second-order valence-corrected chi connectivity index (χ2v) is 4.19. The maximum atomic E-state index is 10.9. The molecule has 0 bridgehead atoms. The smallest absolute Gasteiger partial charge is 0.163 e. The summed E-state index contributed by atoms with van der Waals surface area (Å²) in [6.45, 7) is 5.44. The van der Waals surface area contributed by atoms with Gasteiger partial charge in [0.2, 0.25) is 0 Å². The summed E-state index contributed by atoms with van der Waals surface area (Å²) < 4.78 is 11.0. The van der Waals surface area contributed by atoms with Crippen molar-refractivity contribution in [2.45, 2.75) is 20.3 Å².